The molecule has 4 rings (SSSR count). The van der Waals surface area contributed by atoms with Gasteiger partial charge < -0.3 is 10.6 Å². The molecule has 3 aromatic rings. The SMILES string of the molecule is c1ccc(-c2cc(NC3CCNCC3)c3cnccc3c2)cc1. The summed E-state index contributed by atoms with van der Waals surface area (Å²) in [6, 6.07) is 17.7. The molecule has 0 aliphatic carbocycles. The van der Waals surface area contributed by atoms with Crippen molar-refractivity contribution in [2.24, 2.45) is 0 Å². The summed E-state index contributed by atoms with van der Waals surface area (Å²) in [6.45, 7) is 2.18. The van der Waals surface area contributed by atoms with Gasteiger partial charge in [-0.3, -0.25) is 4.98 Å². The van der Waals surface area contributed by atoms with Gasteiger partial charge in [0, 0.05) is 29.5 Å². The molecular formula is C20H21N3. The average Bonchev–Trinajstić information content (AvgIpc) is 2.63. The number of benzene rings is 2. The Morgan fingerprint density at radius 2 is 1.78 bits per heavy atom. The van der Waals surface area contributed by atoms with E-state index in [4.69, 9.17) is 0 Å². The van der Waals surface area contributed by atoms with Gasteiger partial charge >= 0.3 is 0 Å². The van der Waals surface area contributed by atoms with Crippen LogP contribution in [0.5, 0.6) is 0 Å². The van der Waals surface area contributed by atoms with Crippen LogP contribution in [0.15, 0.2) is 60.9 Å². The first-order chi connectivity index (χ1) is 11.4. The van der Waals surface area contributed by atoms with Crippen molar-refractivity contribution in [1.29, 1.82) is 0 Å². The Morgan fingerprint density at radius 1 is 0.957 bits per heavy atom. The van der Waals surface area contributed by atoms with E-state index in [2.05, 4.69) is 64.1 Å². The second kappa shape index (κ2) is 6.39. The number of nitrogens with zero attached hydrogens (tertiary/aromatic N) is 1. The molecule has 3 heteroatoms. The second-order valence-corrected chi connectivity index (χ2v) is 6.16. The van der Waals surface area contributed by atoms with Gasteiger partial charge in [0.2, 0.25) is 0 Å². The van der Waals surface area contributed by atoms with Crippen LogP contribution >= 0.6 is 0 Å². The lowest BCUT2D eigenvalue weighted by atomic mass is 9.99. The van der Waals surface area contributed by atoms with Gasteiger partial charge in [0.25, 0.3) is 0 Å². The van der Waals surface area contributed by atoms with Crippen LogP contribution < -0.4 is 10.6 Å². The molecule has 1 fully saturated rings. The van der Waals surface area contributed by atoms with Crippen LogP contribution in [-0.4, -0.2) is 24.1 Å². The van der Waals surface area contributed by atoms with Gasteiger partial charge in [0.05, 0.1) is 0 Å². The zero-order valence-corrected chi connectivity index (χ0v) is 13.1. The quantitative estimate of drug-likeness (QED) is 0.766. The molecule has 1 aliphatic heterocycles. The molecule has 1 aromatic heterocycles. The molecule has 0 unspecified atom stereocenters. The normalized spacial score (nSPS) is 15.7. The standard InChI is InChI=1S/C20H21N3/c1-2-4-15(5-3-1)17-12-16-6-9-22-14-19(16)20(13-17)23-18-7-10-21-11-8-18/h1-6,9,12-14,18,21,23H,7-8,10-11H2. The van der Waals surface area contributed by atoms with Crippen LogP contribution in [0.1, 0.15) is 12.8 Å². The molecule has 1 aliphatic rings. The van der Waals surface area contributed by atoms with Crippen molar-refractivity contribution in [3.8, 4) is 11.1 Å². The molecule has 0 atom stereocenters. The lowest BCUT2D eigenvalue weighted by Gasteiger charge is -2.25. The first kappa shape index (κ1) is 14.2. The van der Waals surface area contributed by atoms with Crippen molar-refractivity contribution in [3.05, 3.63) is 60.9 Å². The Hall–Kier alpha value is -2.39. The number of nitrogens with one attached hydrogen (secondary N) is 2. The lowest BCUT2D eigenvalue weighted by molar-refractivity contribution is 0.479. The van der Waals surface area contributed by atoms with E-state index < -0.39 is 0 Å². The van der Waals surface area contributed by atoms with Gasteiger partial charge in [-0.1, -0.05) is 30.3 Å². The molecule has 2 heterocycles. The molecule has 2 aromatic carbocycles. The molecule has 116 valence electrons. The summed E-state index contributed by atoms with van der Waals surface area (Å²) in [4.78, 5) is 4.32. The van der Waals surface area contributed by atoms with Gasteiger partial charge in [-0.15, -0.1) is 0 Å². The number of piperidine rings is 1. The van der Waals surface area contributed by atoms with Crippen LogP contribution in [-0.2, 0) is 0 Å². The predicted octanol–water partition coefficient (Wildman–Crippen LogP) is 4.07. The third-order valence-electron chi connectivity index (χ3n) is 4.56. The summed E-state index contributed by atoms with van der Waals surface area (Å²) in [5.74, 6) is 0. The van der Waals surface area contributed by atoms with E-state index in [1.165, 1.54) is 27.6 Å². The first-order valence-corrected chi connectivity index (χ1v) is 8.30. The Bertz CT molecular complexity index is 792. The van der Waals surface area contributed by atoms with Crippen LogP contribution in [0.25, 0.3) is 21.9 Å². The summed E-state index contributed by atoms with van der Waals surface area (Å²) >= 11 is 0. The predicted molar refractivity (Wildman–Crippen MR) is 96.7 cm³/mol. The van der Waals surface area contributed by atoms with Crippen LogP contribution in [0.4, 0.5) is 5.69 Å². The van der Waals surface area contributed by atoms with E-state index in [0.29, 0.717) is 6.04 Å². The lowest BCUT2D eigenvalue weighted by Crippen LogP contribution is -2.35. The topological polar surface area (TPSA) is 37.0 Å². The maximum atomic E-state index is 4.32. The van der Waals surface area contributed by atoms with E-state index in [-0.39, 0.29) is 0 Å². The zero-order chi connectivity index (χ0) is 15.5. The number of aromatic nitrogens is 1. The van der Waals surface area contributed by atoms with Crippen molar-refractivity contribution in [2.45, 2.75) is 18.9 Å². The first-order valence-electron chi connectivity index (χ1n) is 8.30. The fourth-order valence-electron chi connectivity index (χ4n) is 3.30. The molecule has 3 nitrogen and oxygen atoms in total. The molecule has 0 spiro atoms. The molecule has 0 bridgehead atoms. The number of pyridine rings is 1. The van der Waals surface area contributed by atoms with Gasteiger partial charge in [0.15, 0.2) is 0 Å². The number of hydrogen-bond donors (Lipinski definition) is 2. The van der Waals surface area contributed by atoms with Gasteiger partial charge in [-0.25, -0.2) is 0 Å². The minimum atomic E-state index is 0.533. The van der Waals surface area contributed by atoms with Gasteiger partial charge in [-0.05, 0) is 60.6 Å². The fourth-order valence-corrected chi connectivity index (χ4v) is 3.30. The minimum absolute atomic E-state index is 0.533. The highest BCUT2D eigenvalue weighted by Gasteiger charge is 2.14. The van der Waals surface area contributed by atoms with Crippen LogP contribution in [0, 0.1) is 0 Å². The Morgan fingerprint density at radius 3 is 2.61 bits per heavy atom. The largest absolute Gasteiger partial charge is 0.382 e. The second-order valence-electron chi connectivity index (χ2n) is 6.16. The third-order valence-corrected chi connectivity index (χ3v) is 4.56. The third kappa shape index (κ3) is 3.06. The highest BCUT2D eigenvalue weighted by Crippen LogP contribution is 2.31. The number of hydrogen-bond acceptors (Lipinski definition) is 3. The van der Waals surface area contributed by atoms with E-state index in [1.807, 2.05) is 12.4 Å². The highest BCUT2D eigenvalue weighted by molar-refractivity contribution is 5.97. The summed E-state index contributed by atoms with van der Waals surface area (Å²) < 4.78 is 0. The molecule has 0 saturated carbocycles. The number of rotatable bonds is 3. The minimum Gasteiger partial charge on any atom is -0.382 e. The molecule has 1 saturated heterocycles. The van der Waals surface area contributed by atoms with Gasteiger partial charge in [-0.2, -0.15) is 0 Å². The summed E-state index contributed by atoms with van der Waals surface area (Å²) in [5.41, 5.74) is 3.70. The fraction of sp³-hybridized carbons (Fsp3) is 0.250. The van der Waals surface area contributed by atoms with Gasteiger partial charge in [0.1, 0.15) is 0 Å². The molecule has 23 heavy (non-hydrogen) atoms. The van der Waals surface area contributed by atoms with Crippen molar-refractivity contribution in [2.75, 3.05) is 18.4 Å². The van der Waals surface area contributed by atoms with E-state index in [0.717, 1.165) is 25.9 Å². The van der Waals surface area contributed by atoms with Crippen molar-refractivity contribution >= 4 is 16.5 Å². The zero-order valence-electron chi connectivity index (χ0n) is 13.1. The summed E-state index contributed by atoms with van der Waals surface area (Å²) in [5, 5.41) is 9.61. The number of fused-ring (bicyclic) bond motifs is 1. The smallest absolute Gasteiger partial charge is 0.0443 e. The maximum Gasteiger partial charge on any atom is 0.0443 e. The molecule has 2 N–H and O–H groups in total. The summed E-state index contributed by atoms with van der Waals surface area (Å²) in [7, 11) is 0. The Balaban J connectivity index is 1.77. The van der Waals surface area contributed by atoms with Crippen molar-refractivity contribution in [1.82, 2.24) is 10.3 Å². The Labute approximate surface area is 136 Å². The molecule has 0 amide bonds. The van der Waals surface area contributed by atoms with Crippen molar-refractivity contribution in [3.63, 3.8) is 0 Å². The monoisotopic (exact) mass is 303 g/mol. The molecule has 0 radical (unpaired) electrons. The highest BCUT2D eigenvalue weighted by atomic mass is 15.0. The maximum absolute atomic E-state index is 4.32. The molecular weight excluding hydrogens is 282 g/mol. The average molecular weight is 303 g/mol. The van der Waals surface area contributed by atoms with Crippen LogP contribution in [0.2, 0.25) is 0 Å². The van der Waals surface area contributed by atoms with E-state index in [9.17, 15) is 0 Å². The van der Waals surface area contributed by atoms with Crippen LogP contribution in [0.3, 0.4) is 0 Å². The number of anilines is 1. The van der Waals surface area contributed by atoms with Crippen molar-refractivity contribution < 1.29 is 0 Å². The summed E-state index contributed by atoms with van der Waals surface area (Å²) in [6.07, 6.45) is 6.16. The Kier molecular flexibility index (Phi) is 3.95. The van der Waals surface area contributed by atoms with E-state index in [1.54, 1.807) is 0 Å². The van der Waals surface area contributed by atoms with E-state index >= 15 is 0 Å².